The van der Waals surface area contributed by atoms with Crippen molar-refractivity contribution < 1.29 is 8.83 Å². The number of fused-ring (bicyclic) bond motifs is 9. The molecule has 2 aromatic heterocycles. The topological polar surface area (TPSA) is 29.5 Å². The molecule has 0 saturated carbocycles. The fourth-order valence-electron chi connectivity index (χ4n) is 10.6. The Bertz CT molecular complexity index is 3670. The lowest BCUT2D eigenvalue weighted by Crippen LogP contribution is -2.28. The van der Waals surface area contributed by atoms with Crippen LogP contribution in [0.25, 0.3) is 77.3 Å². The number of hydrogen-bond acceptors (Lipinski definition) is 3. The third kappa shape index (κ3) is 5.41. The molecule has 0 atom stereocenters. The largest absolute Gasteiger partial charge is 0.456 e. The molecule has 13 rings (SSSR count). The number of nitrogens with zero attached hydrogens (tertiary/aromatic N) is 1. The molecule has 0 spiro atoms. The molecule has 12 aromatic rings. The van der Waals surface area contributed by atoms with Crippen LogP contribution in [-0.2, 0) is 5.41 Å². The van der Waals surface area contributed by atoms with Gasteiger partial charge in [-0.25, -0.2) is 0 Å². The van der Waals surface area contributed by atoms with Gasteiger partial charge in [-0.1, -0.05) is 176 Å². The van der Waals surface area contributed by atoms with Crippen LogP contribution in [0.4, 0.5) is 17.1 Å². The number of hydrogen-bond donors (Lipinski definition) is 0. The van der Waals surface area contributed by atoms with Gasteiger partial charge in [-0.2, -0.15) is 0 Å². The van der Waals surface area contributed by atoms with Gasteiger partial charge in [-0.3, -0.25) is 0 Å². The summed E-state index contributed by atoms with van der Waals surface area (Å²) in [5, 5.41) is 4.34. The Morgan fingerprint density at radius 2 is 0.750 bits per heavy atom. The Balaban J connectivity index is 1.01. The van der Waals surface area contributed by atoms with Gasteiger partial charge in [0.25, 0.3) is 0 Å². The molecule has 0 amide bonds. The van der Waals surface area contributed by atoms with Crippen molar-refractivity contribution in [1.82, 2.24) is 0 Å². The van der Waals surface area contributed by atoms with Gasteiger partial charge in [0.2, 0.25) is 0 Å². The summed E-state index contributed by atoms with van der Waals surface area (Å²) in [6.45, 7) is 0. The summed E-state index contributed by atoms with van der Waals surface area (Å²) in [4.78, 5) is 2.37. The highest BCUT2D eigenvalue weighted by Crippen LogP contribution is 2.56. The predicted molar refractivity (Wildman–Crippen MR) is 264 cm³/mol. The SMILES string of the molecule is c1ccc(-c2ccc(N(c3ccc(C4(c5ccccc5)c5ccccc5-c5ccccc54)cc3)c3ccc4oc5cccc(-c6cccc7oc8ccccc8c67)c5c4c3)cc2)cc1. The standard InChI is InChI=1S/C61H39NO2/c1-3-15-40(16-4-1)41-29-33-44(34-30-41)62(45-35-31-43(32-36-45)61(42-17-5-2-6-18-42)53-24-10-7-19-47(53)48-20-8-11-25-54(48)61)46-37-38-56-52(39-46)60-50(23-14-28-58(60)64-56)49-22-13-27-57-59(49)51-21-9-12-26-55(51)63-57/h1-39H. The number of rotatable bonds is 7. The predicted octanol–water partition coefficient (Wildman–Crippen LogP) is 16.7. The first-order chi connectivity index (χ1) is 31.7. The average Bonchev–Trinajstić information content (AvgIpc) is 4.04. The zero-order valence-electron chi connectivity index (χ0n) is 34.8. The first kappa shape index (κ1) is 36.3. The van der Waals surface area contributed by atoms with E-state index in [1.807, 2.05) is 12.1 Å². The van der Waals surface area contributed by atoms with Gasteiger partial charge in [-0.05, 0) is 116 Å². The van der Waals surface area contributed by atoms with Crippen LogP contribution in [0.1, 0.15) is 22.3 Å². The molecule has 0 N–H and O–H groups in total. The van der Waals surface area contributed by atoms with E-state index < -0.39 is 5.41 Å². The second-order valence-electron chi connectivity index (χ2n) is 16.7. The van der Waals surface area contributed by atoms with Gasteiger partial charge in [0, 0.05) is 38.6 Å². The summed E-state index contributed by atoms with van der Waals surface area (Å²) in [7, 11) is 0. The van der Waals surface area contributed by atoms with E-state index in [0.717, 1.165) is 72.1 Å². The molecule has 0 bridgehead atoms. The highest BCUT2D eigenvalue weighted by molar-refractivity contribution is 6.19. The normalized spacial score (nSPS) is 12.8. The quantitative estimate of drug-likeness (QED) is 0.160. The van der Waals surface area contributed by atoms with E-state index in [0.29, 0.717) is 0 Å². The van der Waals surface area contributed by atoms with E-state index in [9.17, 15) is 0 Å². The van der Waals surface area contributed by atoms with Gasteiger partial charge in [0.05, 0.1) is 5.41 Å². The molecule has 2 heterocycles. The minimum Gasteiger partial charge on any atom is -0.456 e. The maximum Gasteiger partial charge on any atom is 0.136 e. The second-order valence-corrected chi connectivity index (χ2v) is 16.7. The minimum atomic E-state index is -0.483. The lowest BCUT2D eigenvalue weighted by molar-refractivity contribution is 0.668. The van der Waals surface area contributed by atoms with Gasteiger partial charge >= 0.3 is 0 Å². The molecule has 1 aliphatic carbocycles. The number of para-hydroxylation sites is 1. The van der Waals surface area contributed by atoms with E-state index in [1.54, 1.807) is 0 Å². The minimum absolute atomic E-state index is 0.483. The number of anilines is 3. The van der Waals surface area contributed by atoms with Crippen molar-refractivity contribution >= 4 is 60.9 Å². The summed E-state index contributed by atoms with van der Waals surface area (Å²) >= 11 is 0. The highest BCUT2D eigenvalue weighted by Gasteiger charge is 2.45. The molecule has 10 aromatic carbocycles. The van der Waals surface area contributed by atoms with Gasteiger partial charge < -0.3 is 13.7 Å². The Hall–Kier alpha value is -8.40. The third-order valence-electron chi connectivity index (χ3n) is 13.4. The van der Waals surface area contributed by atoms with Crippen LogP contribution < -0.4 is 4.90 Å². The molecule has 0 aliphatic heterocycles. The fraction of sp³-hybridized carbons (Fsp3) is 0.0164. The van der Waals surface area contributed by atoms with E-state index in [4.69, 9.17) is 8.83 Å². The molecule has 3 heteroatoms. The van der Waals surface area contributed by atoms with Crippen molar-refractivity contribution in [3.63, 3.8) is 0 Å². The zero-order valence-corrected chi connectivity index (χ0v) is 34.8. The lowest BCUT2D eigenvalue weighted by Gasteiger charge is -2.34. The molecule has 3 nitrogen and oxygen atoms in total. The highest BCUT2D eigenvalue weighted by atomic mass is 16.3. The van der Waals surface area contributed by atoms with Crippen LogP contribution in [0.15, 0.2) is 245 Å². The summed E-state index contributed by atoms with van der Waals surface area (Å²) in [6, 6.07) is 85.2. The first-order valence-electron chi connectivity index (χ1n) is 21.9. The van der Waals surface area contributed by atoms with E-state index >= 15 is 0 Å². The summed E-state index contributed by atoms with van der Waals surface area (Å²) in [6.07, 6.45) is 0. The maximum atomic E-state index is 6.65. The van der Waals surface area contributed by atoms with Crippen molar-refractivity contribution in [1.29, 1.82) is 0 Å². The molecule has 0 fully saturated rings. The zero-order chi connectivity index (χ0) is 42.2. The van der Waals surface area contributed by atoms with Crippen molar-refractivity contribution in [3.05, 3.63) is 259 Å². The monoisotopic (exact) mass is 817 g/mol. The second kappa shape index (κ2) is 14.3. The smallest absolute Gasteiger partial charge is 0.136 e. The molecular formula is C61H39NO2. The Morgan fingerprint density at radius 3 is 1.41 bits per heavy atom. The Morgan fingerprint density at radius 1 is 0.297 bits per heavy atom. The van der Waals surface area contributed by atoms with Crippen LogP contribution in [0.2, 0.25) is 0 Å². The lowest BCUT2D eigenvalue weighted by atomic mass is 9.68. The molecule has 0 radical (unpaired) electrons. The molecular weight excluding hydrogens is 779 g/mol. The van der Waals surface area contributed by atoms with Crippen molar-refractivity contribution in [3.8, 4) is 33.4 Å². The van der Waals surface area contributed by atoms with Crippen LogP contribution >= 0.6 is 0 Å². The molecule has 64 heavy (non-hydrogen) atoms. The van der Waals surface area contributed by atoms with Crippen molar-refractivity contribution in [2.75, 3.05) is 4.90 Å². The number of furan rings is 2. The van der Waals surface area contributed by atoms with Crippen LogP contribution in [0, 0.1) is 0 Å². The molecule has 300 valence electrons. The summed E-state index contributed by atoms with van der Waals surface area (Å²) in [5.74, 6) is 0. The van der Waals surface area contributed by atoms with Gasteiger partial charge in [0.15, 0.2) is 0 Å². The average molecular weight is 818 g/mol. The van der Waals surface area contributed by atoms with Gasteiger partial charge in [0.1, 0.15) is 22.3 Å². The number of benzene rings is 10. The fourth-order valence-corrected chi connectivity index (χ4v) is 10.6. The molecule has 0 unspecified atom stereocenters. The summed E-state index contributed by atoms with van der Waals surface area (Å²) < 4.78 is 13.0. The maximum absolute atomic E-state index is 6.65. The van der Waals surface area contributed by atoms with E-state index in [2.05, 4.69) is 229 Å². The molecule has 0 saturated heterocycles. The van der Waals surface area contributed by atoms with Crippen LogP contribution in [-0.4, -0.2) is 0 Å². The van der Waals surface area contributed by atoms with Crippen LogP contribution in [0.3, 0.4) is 0 Å². The Kier molecular flexibility index (Phi) is 8.13. The summed E-state index contributed by atoms with van der Waals surface area (Å²) in [5.41, 5.74) is 18.3. The van der Waals surface area contributed by atoms with E-state index in [-0.39, 0.29) is 0 Å². The van der Waals surface area contributed by atoms with E-state index in [1.165, 1.54) is 44.5 Å². The van der Waals surface area contributed by atoms with Crippen molar-refractivity contribution in [2.45, 2.75) is 5.41 Å². The van der Waals surface area contributed by atoms with Crippen molar-refractivity contribution in [2.24, 2.45) is 0 Å². The van der Waals surface area contributed by atoms with Crippen LogP contribution in [0.5, 0.6) is 0 Å². The third-order valence-corrected chi connectivity index (χ3v) is 13.4. The Labute approximate surface area is 370 Å². The molecule has 1 aliphatic rings. The first-order valence-corrected chi connectivity index (χ1v) is 21.9. The van der Waals surface area contributed by atoms with Gasteiger partial charge in [-0.15, -0.1) is 0 Å².